The summed E-state index contributed by atoms with van der Waals surface area (Å²) in [6.45, 7) is 2.08. The fraction of sp³-hybridized carbons (Fsp3) is 0.400. The van der Waals surface area contributed by atoms with Crippen molar-refractivity contribution < 1.29 is 0 Å². The van der Waals surface area contributed by atoms with Gasteiger partial charge in [-0.05, 0) is 24.6 Å². The summed E-state index contributed by atoms with van der Waals surface area (Å²) in [6.07, 6.45) is 9.68. The van der Waals surface area contributed by atoms with Gasteiger partial charge in [0, 0.05) is 12.2 Å². The Bertz CT molecular complexity index is 279. The van der Waals surface area contributed by atoms with Gasteiger partial charge in [-0.2, -0.15) is 0 Å². The third kappa shape index (κ3) is 2.23. The highest BCUT2D eigenvalue weighted by molar-refractivity contribution is 9.09. The van der Waals surface area contributed by atoms with Crippen LogP contribution in [0.25, 0.3) is 0 Å². The second-order valence-electron chi connectivity index (χ2n) is 3.19. The molecule has 2 rings (SSSR count). The lowest BCUT2D eigenvalue weighted by Gasteiger charge is -2.22. The Kier molecular flexibility index (Phi) is 2.86. The Morgan fingerprint density at radius 2 is 2.38 bits per heavy atom. The van der Waals surface area contributed by atoms with E-state index in [0.717, 1.165) is 19.5 Å². The van der Waals surface area contributed by atoms with Gasteiger partial charge in [-0.1, -0.05) is 34.2 Å². The Balaban J connectivity index is 2.11. The summed E-state index contributed by atoms with van der Waals surface area (Å²) in [4.78, 5) is 0.281. The maximum absolute atomic E-state index is 3.51. The normalized spacial score (nSPS) is 27.6. The van der Waals surface area contributed by atoms with E-state index in [4.69, 9.17) is 0 Å². The zero-order chi connectivity index (χ0) is 9.10. The molecule has 0 amide bonds. The average molecular weight is 241 g/mol. The van der Waals surface area contributed by atoms with E-state index in [2.05, 4.69) is 50.9 Å². The molecule has 2 nitrogen and oxygen atoms in total. The number of halogens is 1. The van der Waals surface area contributed by atoms with E-state index in [1.807, 2.05) is 0 Å². The molecule has 0 spiro atoms. The molecule has 0 saturated carbocycles. The first-order valence-corrected chi connectivity index (χ1v) is 5.47. The Morgan fingerprint density at radius 1 is 1.46 bits per heavy atom. The van der Waals surface area contributed by atoms with Crippen LogP contribution in [-0.4, -0.2) is 18.0 Å². The molecule has 0 aromatic rings. The number of hydrogen-bond acceptors (Lipinski definition) is 2. The smallest absolute Gasteiger partial charge is 0.101 e. The summed E-state index contributed by atoms with van der Waals surface area (Å²) >= 11 is 3.51. The standard InChI is InChI=1S/C10H13BrN2/c11-10-3-1-2-9(13-10)8-4-6-12-7-5-8/h1-4,10,12-13H,5-7H2. The van der Waals surface area contributed by atoms with Crippen molar-refractivity contribution in [2.24, 2.45) is 0 Å². The summed E-state index contributed by atoms with van der Waals surface area (Å²) in [5.74, 6) is 0. The minimum atomic E-state index is 0.281. The molecule has 3 heteroatoms. The second kappa shape index (κ2) is 4.11. The summed E-state index contributed by atoms with van der Waals surface area (Å²) in [5, 5.41) is 6.68. The first-order chi connectivity index (χ1) is 6.36. The molecular weight excluding hydrogens is 228 g/mol. The van der Waals surface area contributed by atoms with E-state index in [1.54, 1.807) is 0 Å². The summed E-state index contributed by atoms with van der Waals surface area (Å²) in [7, 11) is 0. The van der Waals surface area contributed by atoms with Crippen LogP contribution in [0, 0.1) is 0 Å². The van der Waals surface area contributed by atoms with Crippen molar-refractivity contribution in [1.29, 1.82) is 0 Å². The molecule has 2 aliphatic rings. The van der Waals surface area contributed by atoms with Crippen LogP contribution in [-0.2, 0) is 0 Å². The summed E-state index contributed by atoms with van der Waals surface area (Å²) in [6, 6.07) is 0. The molecule has 0 radical (unpaired) electrons. The van der Waals surface area contributed by atoms with E-state index in [0.29, 0.717) is 0 Å². The molecule has 2 heterocycles. The minimum absolute atomic E-state index is 0.281. The summed E-state index contributed by atoms with van der Waals surface area (Å²) in [5.41, 5.74) is 2.68. The molecule has 0 aliphatic carbocycles. The Labute approximate surface area is 86.9 Å². The van der Waals surface area contributed by atoms with Gasteiger partial charge in [0.2, 0.25) is 0 Å². The van der Waals surface area contributed by atoms with Gasteiger partial charge in [0.15, 0.2) is 0 Å². The molecule has 1 unspecified atom stereocenters. The number of alkyl halides is 1. The lowest BCUT2D eigenvalue weighted by molar-refractivity contribution is 0.692. The molecule has 0 fully saturated rings. The highest BCUT2D eigenvalue weighted by Crippen LogP contribution is 2.18. The molecule has 2 N–H and O–H groups in total. The number of hydrogen-bond donors (Lipinski definition) is 2. The quantitative estimate of drug-likeness (QED) is 0.539. The van der Waals surface area contributed by atoms with Crippen LogP contribution in [0.15, 0.2) is 35.6 Å². The van der Waals surface area contributed by atoms with E-state index in [-0.39, 0.29) is 4.95 Å². The van der Waals surface area contributed by atoms with Crippen molar-refractivity contribution >= 4 is 15.9 Å². The zero-order valence-electron chi connectivity index (χ0n) is 7.39. The number of dihydropyridines is 1. The molecule has 0 saturated heterocycles. The summed E-state index contributed by atoms with van der Waals surface area (Å²) < 4.78 is 0. The Hall–Kier alpha value is -0.540. The largest absolute Gasteiger partial charge is 0.369 e. The minimum Gasteiger partial charge on any atom is -0.369 e. The maximum atomic E-state index is 3.51. The molecular formula is C10H13BrN2. The molecule has 0 aromatic carbocycles. The topological polar surface area (TPSA) is 24.1 Å². The van der Waals surface area contributed by atoms with Crippen LogP contribution < -0.4 is 10.6 Å². The lowest BCUT2D eigenvalue weighted by Crippen LogP contribution is -2.28. The predicted molar refractivity (Wildman–Crippen MR) is 58.6 cm³/mol. The van der Waals surface area contributed by atoms with Crippen molar-refractivity contribution in [3.63, 3.8) is 0 Å². The monoisotopic (exact) mass is 240 g/mol. The molecule has 0 aromatic heterocycles. The van der Waals surface area contributed by atoms with E-state index in [1.165, 1.54) is 11.3 Å². The molecule has 13 heavy (non-hydrogen) atoms. The fourth-order valence-electron chi connectivity index (χ4n) is 1.56. The first kappa shape index (κ1) is 9.03. The van der Waals surface area contributed by atoms with Gasteiger partial charge in [0.1, 0.15) is 4.95 Å². The molecule has 1 atom stereocenters. The van der Waals surface area contributed by atoms with Gasteiger partial charge in [0.25, 0.3) is 0 Å². The lowest BCUT2D eigenvalue weighted by atomic mass is 10.0. The predicted octanol–water partition coefficient (Wildman–Crippen LogP) is 1.67. The van der Waals surface area contributed by atoms with Crippen LogP contribution in [0.4, 0.5) is 0 Å². The van der Waals surface area contributed by atoms with Crippen LogP contribution in [0.3, 0.4) is 0 Å². The van der Waals surface area contributed by atoms with Gasteiger partial charge < -0.3 is 10.6 Å². The van der Waals surface area contributed by atoms with Crippen molar-refractivity contribution in [1.82, 2.24) is 10.6 Å². The fourth-order valence-corrected chi connectivity index (χ4v) is 1.98. The van der Waals surface area contributed by atoms with Gasteiger partial charge in [-0.3, -0.25) is 0 Å². The van der Waals surface area contributed by atoms with E-state index in [9.17, 15) is 0 Å². The van der Waals surface area contributed by atoms with Crippen LogP contribution >= 0.6 is 15.9 Å². The number of nitrogens with one attached hydrogen (secondary N) is 2. The van der Waals surface area contributed by atoms with Gasteiger partial charge in [0.05, 0.1) is 0 Å². The SMILES string of the molecule is BrC1C=CC=C(C2=CCNCC2)N1. The highest BCUT2D eigenvalue weighted by atomic mass is 79.9. The van der Waals surface area contributed by atoms with Crippen LogP contribution in [0.5, 0.6) is 0 Å². The molecule has 2 aliphatic heterocycles. The van der Waals surface area contributed by atoms with Gasteiger partial charge in [-0.15, -0.1) is 0 Å². The highest BCUT2D eigenvalue weighted by Gasteiger charge is 2.11. The molecule has 70 valence electrons. The van der Waals surface area contributed by atoms with E-state index >= 15 is 0 Å². The number of rotatable bonds is 1. The first-order valence-electron chi connectivity index (χ1n) is 4.55. The maximum Gasteiger partial charge on any atom is 0.101 e. The zero-order valence-corrected chi connectivity index (χ0v) is 8.97. The van der Waals surface area contributed by atoms with Crippen molar-refractivity contribution in [3.8, 4) is 0 Å². The van der Waals surface area contributed by atoms with Crippen LogP contribution in [0.1, 0.15) is 6.42 Å². The second-order valence-corrected chi connectivity index (χ2v) is 4.18. The van der Waals surface area contributed by atoms with Gasteiger partial charge in [-0.25, -0.2) is 0 Å². The van der Waals surface area contributed by atoms with Crippen molar-refractivity contribution in [3.05, 3.63) is 35.6 Å². The third-order valence-corrected chi connectivity index (χ3v) is 2.78. The van der Waals surface area contributed by atoms with Crippen molar-refractivity contribution in [2.75, 3.05) is 13.1 Å². The van der Waals surface area contributed by atoms with Crippen LogP contribution in [0.2, 0.25) is 0 Å². The third-order valence-electron chi connectivity index (χ3n) is 2.25. The average Bonchev–Trinajstić information content (AvgIpc) is 2.19. The number of allylic oxidation sites excluding steroid dienone is 3. The van der Waals surface area contributed by atoms with Crippen molar-refractivity contribution in [2.45, 2.75) is 11.4 Å². The van der Waals surface area contributed by atoms with E-state index < -0.39 is 0 Å². The molecule has 0 bridgehead atoms. The van der Waals surface area contributed by atoms with Gasteiger partial charge >= 0.3 is 0 Å². The Morgan fingerprint density at radius 3 is 3.08 bits per heavy atom.